The van der Waals surface area contributed by atoms with Crippen molar-refractivity contribution in [3.05, 3.63) is 11.3 Å². The molecule has 0 atom stereocenters. The summed E-state index contributed by atoms with van der Waals surface area (Å²) < 4.78 is 0. The molecule has 0 spiro atoms. The summed E-state index contributed by atoms with van der Waals surface area (Å²) in [7, 11) is 5.47. The van der Waals surface area contributed by atoms with Gasteiger partial charge in [0.2, 0.25) is 0 Å². The van der Waals surface area contributed by atoms with Crippen LogP contribution < -0.4 is 11.5 Å². The maximum atomic E-state index is 5.73. The molecule has 2 radical (unpaired) electrons. The van der Waals surface area contributed by atoms with Crippen molar-refractivity contribution < 1.29 is 0 Å². The number of aliphatic imine (C=N–C) groups is 3. The fraction of sp³-hybridized carbons (Fsp3) is 0.545. The van der Waals surface area contributed by atoms with Gasteiger partial charge < -0.3 is 11.5 Å². The lowest BCUT2D eigenvalue weighted by Crippen LogP contribution is -2.06. The van der Waals surface area contributed by atoms with Gasteiger partial charge in [0, 0.05) is 24.0 Å². The quantitative estimate of drug-likeness (QED) is 0.410. The lowest BCUT2D eigenvalue weighted by molar-refractivity contribution is 0.667. The Kier molecular flexibility index (Phi) is 7.76. The minimum atomic E-state index is 0.128. The molecule has 5 nitrogen and oxygen atoms in total. The molecule has 0 aromatic heterocycles. The van der Waals surface area contributed by atoms with E-state index < -0.39 is 0 Å². The minimum Gasteiger partial charge on any atom is -0.402 e. The van der Waals surface area contributed by atoms with E-state index in [2.05, 4.69) is 28.8 Å². The smallest absolute Gasteiger partial charge is 0.169 e. The summed E-state index contributed by atoms with van der Waals surface area (Å²) in [5, 5.41) is 0. The van der Waals surface area contributed by atoms with Crippen LogP contribution in [0.4, 0.5) is 0 Å². The van der Waals surface area contributed by atoms with E-state index in [0.717, 1.165) is 18.5 Å². The average molecular weight is 233 g/mol. The van der Waals surface area contributed by atoms with E-state index in [4.69, 9.17) is 19.3 Å². The molecule has 0 saturated carbocycles. The van der Waals surface area contributed by atoms with Crippen LogP contribution in [0, 0.1) is 5.92 Å². The SMILES string of the molecule is [B]C(N=CN)=NCC(C=NCC(C)C)=C(C)N. The highest BCUT2D eigenvalue weighted by molar-refractivity contribution is 6.59. The molecule has 0 saturated heterocycles. The molecule has 92 valence electrons. The van der Waals surface area contributed by atoms with Gasteiger partial charge in [0.1, 0.15) is 0 Å². The van der Waals surface area contributed by atoms with E-state index in [1.807, 2.05) is 0 Å². The molecule has 6 heteroatoms. The second kappa shape index (κ2) is 8.55. The van der Waals surface area contributed by atoms with E-state index in [9.17, 15) is 0 Å². The maximum Gasteiger partial charge on any atom is 0.169 e. The Morgan fingerprint density at radius 3 is 2.53 bits per heavy atom. The lowest BCUT2D eigenvalue weighted by Gasteiger charge is -2.02. The molecule has 17 heavy (non-hydrogen) atoms. The van der Waals surface area contributed by atoms with E-state index in [0.29, 0.717) is 18.2 Å². The molecule has 0 rings (SSSR count). The number of hydrogen-bond acceptors (Lipinski definition) is 3. The van der Waals surface area contributed by atoms with Crippen LogP contribution in [0.1, 0.15) is 20.8 Å². The highest BCUT2D eigenvalue weighted by atomic mass is 14.9. The summed E-state index contributed by atoms with van der Waals surface area (Å²) >= 11 is 0. The molecule has 0 heterocycles. The number of nitrogens with two attached hydrogens (primary N) is 2. The number of allylic oxidation sites excluding steroid dienone is 1. The Morgan fingerprint density at radius 1 is 1.41 bits per heavy atom. The van der Waals surface area contributed by atoms with Crippen LogP contribution in [-0.4, -0.2) is 39.2 Å². The van der Waals surface area contributed by atoms with E-state index in [1.165, 1.54) is 0 Å². The zero-order valence-electron chi connectivity index (χ0n) is 10.7. The fourth-order valence-electron chi connectivity index (χ4n) is 0.924. The third kappa shape index (κ3) is 8.25. The van der Waals surface area contributed by atoms with Crippen LogP contribution >= 0.6 is 0 Å². The van der Waals surface area contributed by atoms with Crippen molar-refractivity contribution in [3.8, 4) is 0 Å². The largest absolute Gasteiger partial charge is 0.402 e. The van der Waals surface area contributed by atoms with Gasteiger partial charge in [0.25, 0.3) is 0 Å². The molecule has 0 unspecified atom stereocenters. The molecule has 0 aliphatic heterocycles. The first-order valence-electron chi connectivity index (χ1n) is 5.46. The second-order valence-corrected chi connectivity index (χ2v) is 4.05. The summed E-state index contributed by atoms with van der Waals surface area (Å²) in [6, 6.07) is 0. The summed E-state index contributed by atoms with van der Waals surface area (Å²) in [5.74, 6) is 0.515. The molecule has 4 N–H and O–H groups in total. The van der Waals surface area contributed by atoms with E-state index in [1.54, 1.807) is 13.1 Å². The standard InChI is InChI=1S/C11H20BN5/c1-8(2)4-15-5-10(9(3)14)6-16-11(12)17-7-13/h5,7-8H,4,6,14H2,1-3H3,(H2,13,16,17). The molecule has 0 aliphatic carbocycles. The van der Waals surface area contributed by atoms with Crippen molar-refractivity contribution in [1.29, 1.82) is 0 Å². The predicted molar refractivity (Wildman–Crippen MR) is 75.8 cm³/mol. The summed E-state index contributed by atoms with van der Waals surface area (Å²) in [4.78, 5) is 11.9. The van der Waals surface area contributed by atoms with Crippen molar-refractivity contribution in [2.24, 2.45) is 32.4 Å². The molecular weight excluding hydrogens is 213 g/mol. The Bertz CT molecular complexity index is 338. The third-order valence-electron chi connectivity index (χ3n) is 1.84. The molecule has 0 fully saturated rings. The van der Waals surface area contributed by atoms with Crippen LogP contribution in [0.2, 0.25) is 0 Å². The first kappa shape index (κ1) is 15.4. The van der Waals surface area contributed by atoms with Gasteiger partial charge in [-0.05, 0) is 12.8 Å². The van der Waals surface area contributed by atoms with Crippen molar-refractivity contribution >= 4 is 26.1 Å². The van der Waals surface area contributed by atoms with Gasteiger partial charge in [-0.2, -0.15) is 0 Å². The molecular formula is C11H20BN5. The Morgan fingerprint density at radius 2 is 2.06 bits per heavy atom. The van der Waals surface area contributed by atoms with Gasteiger partial charge in [0.15, 0.2) is 7.85 Å². The maximum absolute atomic E-state index is 5.73. The van der Waals surface area contributed by atoms with Gasteiger partial charge in [0.05, 0.1) is 18.6 Å². The third-order valence-corrected chi connectivity index (χ3v) is 1.84. The Balaban J connectivity index is 4.54. The first-order valence-corrected chi connectivity index (χ1v) is 5.46. The zero-order valence-corrected chi connectivity index (χ0v) is 10.7. The number of amidine groups is 1. The molecule has 0 aromatic rings. The van der Waals surface area contributed by atoms with Crippen LogP contribution in [0.3, 0.4) is 0 Å². The highest BCUT2D eigenvalue weighted by Gasteiger charge is 1.97. The Hall–Kier alpha value is -1.59. The van der Waals surface area contributed by atoms with Crippen molar-refractivity contribution in [3.63, 3.8) is 0 Å². The van der Waals surface area contributed by atoms with Gasteiger partial charge in [-0.1, -0.05) is 13.8 Å². The van der Waals surface area contributed by atoms with Crippen molar-refractivity contribution in [1.82, 2.24) is 0 Å². The van der Waals surface area contributed by atoms with Gasteiger partial charge >= 0.3 is 0 Å². The Labute approximate surface area is 104 Å². The molecule has 0 amide bonds. The summed E-state index contributed by atoms with van der Waals surface area (Å²) in [5.41, 5.74) is 12.5. The topological polar surface area (TPSA) is 89.1 Å². The predicted octanol–water partition coefficient (Wildman–Crippen LogP) is 0.457. The zero-order chi connectivity index (χ0) is 13.3. The number of nitrogens with zero attached hydrogens (tertiary/aromatic N) is 3. The van der Waals surface area contributed by atoms with Crippen LogP contribution in [0.25, 0.3) is 0 Å². The molecule has 0 aromatic carbocycles. The van der Waals surface area contributed by atoms with Crippen LogP contribution in [0.5, 0.6) is 0 Å². The molecule has 0 bridgehead atoms. The van der Waals surface area contributed by atoms with Crippen LogP contribution in [0.15, 0.2) is 26.2 Å². The van der Waals surface area contributed by atoms with E-state index >= 15 is 0 Å². The first-order chi connectivity index (χ1) is 7.97. The summed E-state index contributed by atoms with van der Waals surface area (Å²) in [6.45, 7) is 7.11. The van der Waals surface area contributed by atoms with Crippen LogP contribution in [-0.2, 0) is 0 Å². The number of hydrogen-bond donors (Lipinski definition) is 2. The fourth-order valence-corrected chi connectivity index (χ4v) is 0.924. The second-order valence-electron chi connectivity index (χ2n) is 4.05. The van der Waals surface area contributed by atoms with Gasteiger partial charge in [-0.25, -0.2) is 4.99 Å². The summed E-state index contributed by atoms with van der Waals surface area (Å²) in [6.07, 6.45) is 2.84. The molecule has 0 aliphatic rings. The lowest BCUT2D eigenvalue weighted by atomic mass is 10.1. The van der Waals surface area contributed by atoms with Gasteiger partial charge in [-0.15, -0.1) is 0 Å². The normalized spacial score (nSPS) is 14.9. The number of rotatable bonds is 5. The van der Waals surface area contributed by atoms with Gasteiger partial charge in [-0.3, -0.25) is 9.98 Å². The van der Waals surface area contributed by atoms with E-state index in [-0.39, 0.29) is 5.73 Å². The monoisotopic (exact) mass is 233 g/mol. The highest BCUT2D eigenvalue weighted by Crippen LogP contribution is 1.99. The minimum absolute atomic E-state index is 0.128. The average Bonchev–Trinajstić information content (AvgIpc) is 2.22. The van der Waals surface area contributed by atoms with Crippen molar-refractivity contribution in [2.45, 2.75) is 20.8 Å². The van der Waals surface area contributed by atoms with Crippen molar-refractivity contribution in [2.75, 3.05) is 13.1 Å².